The van der Waals surface area contributed by atoms with Crippen LogP contribution in [0.4, 0.5) is 0 Å². The van der Waals surface area contributed by atoms with Gasteiger partial charge in [-0.3, -0.25) is 0 Å². The van der Waals surface area contributed by atoms with Crippen molar-refractivity contribution in [2.75, 3.05) is 19.8 Å². The molecule has 0 radical (unpaired) electrons. The van der Waals surface area contributed by atoms with Gasteiger partial charge in [0.15, 0.2) is 0 Å². The van der Waals surface area contributed by atoms with Crippen molar-refractivity contribution in [3.05, 3.63) is 24.3 Å². The third kappa shape index (κ3) is 3.93. The summed E-state index contributed by atoms with van der Waals surface area (Å²) in [4.78, 5) is 9.93. The maximum absolute atomic E-state index is 9.93. The molecular formula is C9H12O3. The largest absolute Gasteiger partial charge is 0.458 e. The lowest BCUT2D eigenvalue weighted by Gasteiger charge is -2.00. The van der Waals surface area contributed by atoms with Crippen LogP contribution >= 0.6 is 0 Å². The van der Waals surface area contributed by atoms with Crippen molar-refractivity contribution >= 4 is 5.97 Å². The van der Waals surface area contributed by atoms with E-state index in [9.17, 15) is 4.79 Å². The standard InChI is InChI=1S/C5H8O.C4H4O2/c1-2-4-6-5-3-1;5-4-2-1-3-6-4/h1-2H,3-5H2;1-2H,3H2. The molecule has 0 N–H and O–H groups in total. The summed E-state index contributed by atoms with van der Waals surface area (Å²) in [5, 5.41) is 0. The Kier molecular flexibility index (Phi) is 4.16. The molecule has 0 unspecified atom stereocenters. The number of esters is 1. The highest BCUT2D eigenvalue weighted by atomic mass is 16.5. The van der Waals surface area contributed by atoms with E-state index in [1.807, 2.05) is 6.08 Å². The molecule has 2 aliphatic heterocycles. The molecule has 2 heterocycles. The molecule has 0 saturated carbocycles. The molecule has 3 heteroatoms. The van der Waals surface area contributed by atoms with Crippen molar-refractivity contribution in [1.29, 1.82) is 0 Å². The first-order valence-electron chi connectivity index (χ1n) is 3.95. The van der Waals surface area contributed by atoms with Gasteiger partial charge in [0.1, 0.15) is 6.61 Å². The summed E-state index contributed by atoms with van der Waals surface area (Å²) >= 11 is 0. The van der Waals surface area contributed by atoms with Gasteiger partial charge in [0, 0.05) is 6.08 Å². The minimum absolute atomic E-state index is 0.227. The highest BCUT2D eigenvalue weighted by molar-refractivity contribution is 5.83. The first-order valence-corrected chi connectivity index (χ1v) is 3.95. The predicted molar refractivity (Wildman–Crippen MR) is 44.7 cm³/mol. The molecule has 2 rings (SSSR count). The van der Waals surface area contributed by atoms with Gasteiger partial charge in [0.2, 0.25) is 0 Å². The number of carbonyl (C=O) groups is 1. The molecule has 0 aromatic rings. The molecular weight excluding hydrogens is 156 g/mol. The van der Waals surface area contributed by atoms with Gasteiger partial charge in [-0.15, -0.1) is 0 Å². The summed E-state index contributed by atoms with van der Waals surface area (Å²) in [6.45, 7) is 2.19. The number of cyclic esters (lactones) is 1. The van der Waals surface area contributed by atoms with Gasteiger partial charge in [-0.1, -0.05) is 12.2 Å². The first-order chi connectivity index (χ1) is 5.89. The van der Waals surface area contributed by atoms with Crippen molar-refractivity contribution in [3.63, 3.8) is 0 Å². The third-order valence-corrected chi connectivity index (χ3v) is 1.39. The normalized spacial score (nSPS) is 19.8. The van der Waals surface area contributed by atoms with Crippen molar-refractivity contribution < 1.29 is 14.3 Å². The molecule has 0 aromatic heterocycles. The molecule has 0 aliphatic carbocycles. The molecule has 0 saturated heterocycles. The fraction of sp³-hybridized carbons (Fsp3) is 0.444. The van der Waals surface area contributed by atoms with E-state index < -0.39 is 0 Å². The van der Waals surface area contributed by atoms with Crippen LogP contribution < -0.4 is 0 Å². The Hall–Kier alpha value is -1.09. The zero-order valence-corrected chi connectivity index (χ0v) is 6.86. The second kappa shape index (κ2) is 5.55. The average Bonchev–Trinajstić information content (AvgIpc) is 2.60. The molecule has 0 amide bonds. The molecule has 0 bridgehead atoms. The molecule has 12 heavy (non-hydrogen) atoms. The highest BCUT2D eigenvalue weighted by Crippen LogP contribution is 1.91. The van der Waals surface area contributed by atoms with E-state index in [2.05, 4.69) is 10.8 Å². The van der Waals surface area contributed by atoms with E-state index in [4.69, 9.17) is 4.74 Å². The van der Waals surface area contributed by atoms with Crippen LogP contribution in [-0.4, -0.2) is 25.8 Å². The Morgan fingerprint density at radius 3 is 2.25 bits per heavy atom. The van der Waals surface area contributed by atoms with E-state index in [0.29, 0.717) is 6.61 Å². The monoisotopic (exact) mass is 168 g/mol. The molecule has 66 valence electrons. The summed E-state index contributed by atoms with van der Waals surface area (Å²) in [5.74, 6) is -0.227. The topological polar surface area (TPSA) is 35.5 Å². The van der Waals surface area contributed by atoms with Gasteiger partial charge in [-0.2, -0.15) is 0 Å². The lowest BCUT2D eigenvalue weighted by molar-refractivity contribution is -0.134. The fourth-order valence-corrected chi connectivity index (χ4v) is 0.811. The second-order valence-corrected chi connectivity index (χ2v) is 2.37. The van der Waals surface area contributed by atoms with Gasteiger partial charge < -0.3 is 9.47 Å². The average molecular weight is 168 g/mol. The quantitative estimate of drug-likeness (QED) is 0.401. The van der Waals surface area contributed by atoms with E-state index in [-0.39, 0.29) is 5.97 Å². The van der Waals surface area contributed by atoms with E-state index in [1.54, 1.807) is 6.08 Å². The van der Waals surface area contributed by atoms with Crippen LogP contribution in [0.2, 0.25) is 0 Å². The lowest BCUT2D eigenvalue weighted by atomic mass is 10.3. The summed E-state index contributed by atoms with van der Waals surface area (Å²) in [6.07, 6.45) is 8.38. The highest BCUT2D eigenvalue weighted by Gasteiger charge is 1.98. The Morgan fingerprint density at radius 2 is 2.08 bits per heavy atom. The maximum Gasteiger partial charge on any atom is 0.330 e. The molecule has 0 spiro atoms. The van der Waals surface area contributed by atoms with Crippen LogP contribution in [0.3, 0.4) is 0 Å². The SMILES string of the molecule is C1=CCOCC1.O=C1C=CCO1. The Balaban J connectivity index is 0.000000120. The van der Waals surface area contributed by atoms with Crippen molar-refractivity contribution in [3.8, 4) is 0 Å². The van der Waals surface area contributed by atoms with E-state index in [1.165, 1.54) is 6.08 Å². The zero-order chi connectivity index (χ0) is 8.65. The minimum Gasteiger partial charge on any atom is -0.458 e. The first kappa shape index (κ1) is 9.00. The fourth-order valence-electron chi connectivity index (χ4n) is 0.811. The Labute approximate surface area is 71.7 Å². The van der Waals surface area contributed by atoms with Crippen molar-refractivity contribution in [1.82, 2.24) is 0 Å². The molecule has 0 atom stereocenters. The van der Waals surface area contributed by atoms with Crippen LogP contribution in [0.25, 0.3) is 0 Å². The van der Waals surface area contributed by atoms with Crippen LogP contribution in [0.15, 0.2) is 24.3 Å². The van der Waals surface area contributed by atoms with Crippen molar-refractivity contribution in [2.45, 2.75) is 6.42 Å². The van der Waals surface area contributed by atoms with Crippen LogP contribution in [-0.2, 0) is 14.3 Å². The van der Waals surface area contributed by atoms with Crippen LogP contribution in [0, 0.1) is 0 Å². The summed E-state index contributed by atoms with van der Waals surface area (Å²) in [6, 6.07) is 0. The molecule has 2 aliphatic rings. The number of ether oxygens (including phenoxy) is 2. The van der Waals surface area contributed by atoms with Gasteiger partial charge in [-0.05, 0) is 12.5 Å². The number of carbonyl (C=O) groups excluding carboxylic acids is 1. The summed E-state index contributed by atoms with van der Waals surface area (Å²) in [7, 11) is 0. The molecule has 0 aromatic carbocycles. The zero-order valence-electron chi connectivity index (χ0n) is 6.86. The third-order valence-electron chi connectivity index (χ3n) is 1.39. The Morgan fingerprint density at radius 1 is 1.17 bits per heavy atom. The number of hydrogen-bond donors (Lipinski definition) is 0. The van der Waals surface area contributed by atoms with Crippen molar-refractivity contribution in [2.24, 2.45) is 0 Å². The molecule has 0 fully saturated rings. The van der Waals surface area contributed by atoms with Gasteiger partial charge in [0.05, 0.1) is 13.2 Å². The van der Waals surface area contributed by atoms with Gasteiger partial charge in [0.25, 0.3) is 0 Å². The van der Waals surface area contributed by atoms with E-state index in [0.717, 1.165) is 19.6 Å². The maximum atomic E-state index is 9.93. The Bertz CT molecular complexity index is 186. The number of hydrogen-bond acceptors (Lipinski definition) is 3. The van der Waals surface area contributed by atoms with Crippen LogP contribution in [0.1, 0.15) is 6.42 Å². The number of rotatable bonds is 0. The van der Waals surface area contributed by atoms with Gasteiger partial charge >= 0.3 is 5.97 Å². The smallest absolute Gasteiger partial charge is 0.330 e. The lowest BCUT2D eigenvalue weighted by Crippen LogP contribution is -1.96. The predicted octanol–water partition coefficient (Wildman–Crippen LogP) is 1.06. The molecule has 3 nitrogen and oxygen atoms in total. The van der Waals surface area contributed by atoms with Crippen LogP contribution in [0.5, 0.6) is 0 Å². The van der Waals surface area contributed by atoms with Gasteiger partial charge in [-0.25, -0.2) is 4.79 Å². The summed E-state index contributed by atoms with van der Waals surface area (Å²) < 4.78 is 9.39. The van der Waals surface area contributed by atoms with E-state index >= 15 is 0 Å². The summed E-state index contributed by atoms with van der Waals surface area (Å²) in [5.41, 5.74) is 0. The minimum atomic E-state index is -0.227. The second-order valence-electron chi connectivity index (χ2n) is 2.37.